The van der Waals surface area contributed by atoms with E-state index in [0.717, 1.165) is 24.0 Å². The zero-order valence-corrected chi connectivity index (χ0v) is 12.2. The summed E-state index contributed by atoms with van der Waals surface area (Å²) in [6.07, 6.45) is 2.19. The minimum atomic E-state index is 1.05. The second kappa shape index (κ2) is 7.00. The van der Waals surface area contributed by atoms with E-state index in [4.69, 9.17) is 4.98 Å². The van der Waals surface area contributed by atoms with E-state index in [2.05, 4.69) is 43.4 Å². The zero-order chi connectivity index (χ0) is 13.5. The predicted octanol–water partition coefficient (Wildman–Crippen LogP) is 4.56. The molecule has 0 fully saturated rings. The normalized spacial score (nSPS) is 9.83. The summed E-state index contributed by atoms with van der Waals surface area (Å²) in [4.78, 5) is 4.73. The van der Waals surface area contributed by atoms with Crippen molar-refractivity contribution in [2.75, 3.05) is 12.4 Å². The Morgan fingerprint density at radius 2 is 1.94 bits per heavy atom. The van der Waals surface area contributed by atoms with Crippen LogP contribution in [-0.2, 0) is 6.42 Å². The molecule has 1 heterocycles. The van der Waals surface area contributed by atoms with Crippen molar-refractivity contribution in [3.05, 3.63) is 35.5 Å². The van der Waals surface area contributed by atoms with Gasteiger partial charge in [0.05, 0.1) is 11.2 Å². The lowest BCUT2D eigenvalue weighted by atomic mass is 10.1. The lowest BCUT2D eigenvalue weighted by Gasteiger charge is -2.09. The molecular weight excluding hydrogens is 220 g/mol. The first-order chi connectivity index (χ1) is 8.76. The van der Waals surface area contributed by atoms with Gasteiger partial charge in [-0.2, -0.15) is 0 Å². The number of nitrogens with one attached hydrogen (secondary N) is 1. The van der Waals surface area contributed by atoms with Crippen molar-refractivity contribution < 1.29 is 0 Å². The fourth-order valence-corrected chi connectivity index (χ4v) is 2.07. The van der Waals surface area contributed by atoms with Gasteiger partial charge in [-0.25, -0.2) is 0 Å². The summed E-state index contributed by atoms with van der Waals surface area (Å²) in [7, 11) is 1.94. The molecule has 2 nitrogen and oxygen atoms in total. The molecule has 0 saturated carbocycles. The minimum absolute atomic E-state index is 1.05. The Hall–Kier alpha value is -1.57. The van der Waals surface area contributed by atoms with Crippen molar-refractivity contribution in [1.82, 2.24) is 4.98 Å². The number of anilines is 1. The van der Waals surface area contributed by atoms with Crippen LogP contribution in [-0.4, -0.2) is 12.0 Å². The second-order valence-corrected chi connectivity index (χ2v) is 4.13. The van der Waals surface area contributed by atoms with E-state index in [1.807, 2.05) is 20.9 Å². The maximum absolute atomic E-state index is 4.73. The third-order valence-corrected chi connectivity index (χ3v) is 2.87. The largest absolute Gasteiger partial charge is 0.386 e. The van der Waals surface area contributed by atoms with Crippen molar-refractivity contribution in [2.24, 2.45) is 0 Å². The number of para-hydroxylation sites is 1. The van der Waals surface area contributed by atoms with Gasteiger partial charge in [-0.3, -0.25) is 4.98 Å². The Morgan fingerprint density at radius 3 is 2.56 bits per heavy atom. The van der Waals surface area contributed by atoms with Crippen LogP contribution >= 0.6 is 0 Å². The molecule has 0 aliphatic carbocycles. The molecule has 1 N–H and O–H groups in total. The quantitative estimate of drug-likeness (QED) is 0.856. The van der Waals surface area contributed by atoms with Crippen LogP contribution in [0, 0.1) is 6.92 Å². The van der Waals surface area contributed by atoms with Crippen LogP contribution in [0.5, 0.6) is 0 Å². The monoisotopic (exact) mass is 244 g/mol. The first-order valence-corrected chi connectivity index (χ1v) is 6.83. The number of rotatable bonds is 3. The predicted molar refractivity (Wildman–Crippen MR) is 81.4 cm³/mol. The van der Waals surface area contributed by atoms with Gasteiger partial charge >= 0.3 is 0 Å². The van der Waals surface area contributed by atoms with Gasteiger partial charge in [0.15, 0.2) is 0 Å². The highest BCUT2D eigenvalue weighted by molar-refractivity contribution is 5.92. The number of aromatic nitrogens is 1. The van der Waals surface area contributed by atoms with E-state index in [1.54, 1.807) is 0 Å². The molecule has 0 spiro atoms. The van der Waals surface area contributed by atoms with Gasteiger partial charge in [0, 0.05) is 18.1 Å². The summed E-state index contributed by atoms with van der Waals surface area (Å²) < 4.78 is 0. The topological polar surface area (TPSA) is 24.9 Å². The summed E-state index contributed by atoms with van der Waals surface area (Å²) in [5.41, 5.74) is 4.70. The highest BCUT2D eigenvalue weighted by Gasteiger charge is 2.05. The van der Waals surface area contributed by atoms with Gasteiger partial charge in [-0.05, 0) is 31.0 Å². The average molecular weight is 244 g/mol. The van der Waals surface area contributed by atoms with Gasteiger partial charge in [-0.1, -0.05) is 39.3 Å². The Kier molecular flexibility index (Phi) is 5.63. The Bertz CT molecular complexity index is 504. The third-order valence-electron chi connectivity index (χ3n) is 2.87. The summed E-state index contributed by atoms with van der Waals surface area (Å²) in [6.45, 7) is 8.34. The smallest absolute Gasteiger partial charge is 0.0939 e. The van der Waals surface area contributed by atoms with Gasteiger partial charge in [0.25, 0.3) is 0 Å². The van der Waals surface area contributed by atoms with E-state index < -0.39 is 0 Å². The van der Waals surface area contributed by atoms with Gasteiger partial charge < -0.3 is 5.32 Å². The van der Waals surface area contributed by atoms with Crippen LogP contribution in [0.2, 0.25) is 0 Å². The van der Waals surface area contributed by atoms with Crippen molar-refractivity contribution in [3.63, 3.8) is 0 Å². The molecule has 0 aliphatic rings. The van der Waals surface area contributed by atoms with Crippen molar-refractivity contribution in [3.8, 4) is 0 Å². The van der Waals surface area contributed by atoms with Crippen LogP contribution < -0.4 is 5.32 Å². The van der Waals surface area contributed by atoms with Crippen molar-refractivity contribution >= 4 is 16.6 Å². The third kappa shape index (κ3) is 3.00. The second-order valence-electron chi connectivity index (χ2n) is 4.13. The molecule has 0 aliphatic heterocycles. The SMILES string of the molecule is CC.CCCc1cc(C)c2cccc(NC)c2n1. The van der Waals surface area contributed by atoms with Gasteiger partial charge in [0.1, 0.15) is 0 Å². The van der Waals surface area contributed by atoms with Crippen LogP contribution in [0.4, 0.5) is 5.69 Å². The number of benzene rings is 1. The van der Waals surface area contributed by atoms with Crippen LogP contribution in [0.3, 0.4) is 0 Å². The van der Waals surface area contributed by atoms with E-state index in [-0.39, 0.29) is 0 Å². The molecule has 0 radical (unpaired) electrons. The standard InChI is InChI=1S/C14H18N2.C2H6/c1-4-6-11-9-10(2)12-7-5-8-13(15-3)14(12)16-11;1-2/h5,7-9,15H,4,6H2,1-3H3;1-2H3. The zero-order valence-electron chi connectivity index (χ0n) is 12.2. The summed E-state index contributed by atoms with van der Waals surface area (Å²) in [5.74, 6) is 0. The van der Waals surface area contributed by atoms with E-state index in [0.29, 0.717) is 0 Å². The maximum Gasteiger partial charge on any atom is 0.0939 e. The van der Waals surface area contributed by atoms with Crippen LogP contribution in [0.1, 0.15) is 38.4 Å². The fraction of sp³-hybridized carbons (Fsp3) is 0.438. The molecular formula is C16H24N2. The Labute approximate surface area is 110 Å². The van der Waals surface area contributed by atoms with E-state index in [1.165, 1.54) is 16.6 Å². The lowest BCUT2D eigenvalue weighted by Crippen LogP contribution is -1.96. The molecule has 98 valence electrons. The molecule has 2 aromatic rings. The number of nitrogens with zero attached hydrogens (tertiary/aromatic N) is 1. The maximum atomic E-state index is 4.73. The van der Waals surface area contributed by atoms with E-state index >= 15 is 0 Å². The molecule has 0 unspecified atom stereocenters. The van der Waals surface area contributed by atoms with E-state index in [9.17, 15) is 0 Å². The first-order valence-electron chi connectivity index (χ1n) is 6.83. The average Bonchev–Trinajstić information content (AvgIpc) is 2.41. The minimum Gasteiger partial charge on any atom is -0.386 e. The number of fused-ring (bicyclic) bond motifs is 1. The molecule has 0 bridgehead atoms. The summed E-state index contributed by atoms with van der Waals surface area (Å²) >= 11 is 0. The number of aryl methyl sites for hydroxylation is 2. The summed E-state index contributed by atoms with van der Waals surface area (Å²) in [5, 5.41) is 4.45. The lowest BCUT2D eigenvalue weighted by molar-refractivity contribution is 0.888. The number of hydrogen-bond acceptors (Lipinski definition) is 2. The fourth-order valence-electron chi connectivity index (χ4n) is 2.07. The molecule has 2 rings (SSSR count). The van der Waals surface area contributed by atoms with Crippen LogP contribution in [0.25, 0.3) is 10.9 Å². The summed E-state index contributed by atoms with van der Waals surface area (Å²) in [6, 6.07) is 8.48. The highest BCUT2D eigenvalue weighted by atomic mass is 14.9. The molecule has 1 aromatic heterocycles. The Morgan fingerprint density at radius 1 is 1.22 bits per heavy atom. The molecule has 0 saturated heterocycles. The highest BCUT2D eigenvalue weighted by Crippen LogP contribution is 2.24. The molecule has 0 atom stereocenters. The first kappa shape index (κ1) is 14.5. The number of hydrogen-bond donors (Lipinski definition) is 1. The van der Waals surface area contributed by atoms with Crippen molar-refractivity contribution in [1.29, 1.82) is 0 Å². The number of pyridine rings is 1. The Balaban J connectivity index is 0.000000771. The van der Waals surface area contributed by atoms with Gasteiger partial charge in [0.2, 0.25) is 0 Å². The van der Waals surface area contributed by atoms with Crippen molar-refractivity contribution in [2.45, 2.75) is 40.5 Å². The molecule has 18 heavy (non-hydrogen) atoms. The van der Waals surface area contributed by atoms with Crippen LogP contribution in [0.15, 0.2) is 24.3 Å². The molecule has 1 aromatic carbocycles. The van der Waals surface area contributed by atoms with Gasteiger partial charge in [-0.15, -0.1) is 0 Å². The molecule has 0 amide bonds. The molecule has 2 heteroatoms.